The van der Waals surface area contributed by atoms with Crippen LogP contribution in [0.1, 0.15) is 29.9 Å². The van der Waals surface area contributed by atoms with E-state index in [4.69, 9.17) is 11.6 Å². The fourth-order valence-corrected chi connectivity index (χ4v) is 5.66. The Labute approximate surface area is 145 Å². The molecule has 2 aromatic rings. The molecule has 1 fully saturated rings. The Balaban J connectivity index is 1.84. The van der Waals surface area contributed by atoms with Gasteiger partial charge in [0, 0.05) is 22.1 Å². The van der Waals surface area contributed by atoms with Crippen molar-refractivity contribution in [1.82, 2.24) is 4.90 Å². The highest BCUT2D eigenvalue weighted by molar-refractivity contribution is 7.91. The number of likely N-dealkylation sites (tertiary alicyclic amines) is 1. The van der Waals surface area contributed by atoms with Crippen molar-refractivity contribution < 1.29 is 4.55 Å². The number of hydrogen-bond donors (Lipinski definition) is 1. The van der Waals surface area contributed by atoms with Crippen LogP contribution in [-0.4, -0.2) is 29.6 Å². The van der Waals surface area contributed by atoms with E-state index in [2.05, 4.69) is 36.2 Å². The summed E-state index contributed by atoms with van der Waals surface area (Å²) in [4.78, 5) is 4.55. The summed E-state index contributed by atoms with van der Waals surface area (Å²) in [5.74, 6) is 0.964. The van der Waals surface area contributed by atoms with Crippen molar-refractivity contribution in [2.75, 3.05) is 20.1 Å². The zero-order chi connectivity index (χ0) is 16.0. The quantitative estimate of drug-likeness (QED) is 0.760. The first-order chi connectivity index (χ1) is 11.1. The van der Waals surface area contributed by atoms with E-state index in [9.17, 15) is 4.55 Å². The van der Waals surface area contributed by atoms with Gasteiger partial charge in [0.2, 0.25) is 11.2 Å². The fraction of sp³-hybridized carbons (Fsp3) is 0.368. The van der Waals surface area contributed by atoms with Crippen LogP contribution in [0.5, 0.6) is 0 Å². The maximum atomic E-state index is 10.8. The van der Waals surface area contributed by atoms with Crippen LogP contribution in [0.4, 0.5) is 0 Å². The highest BCUT2D eigenvalue weighted by Gasteiger charge is 2.43. The number of piperidine rings is 1. The van der Waals surface area contributed by atoms with Gasteiger partial charge in [-0.15, -0.1) is 0 Å². The molecule has 120 valence electrons. The van der Waals surface area contributed by atoms with Gasteiger partial charge in [-0.1, -0.05) is 29.8 Å². The SMILES string of the molecule is CN1CCC(C2c3ccccc3[S+](O)c3ccc(Cl)cc32)CC1. The Kier molecular flexibility index (Phi) is 4.14. The third-order valence-electron chi connectivity index (χ3n) is 5.21. The summed E-state index contributed by atoms with van der Waals surface area (Å²) in [5, 5.41) is 0.762. The minimum absolute atomic E-state index is 0.351. The largest absolute Gasteiger partial charge is 0.306 e. The summed E-state index contributed by atoms with van der Waals surface area (Å²) in [6, 6.07) is 14.4. The van der Waals surface area contributed by atoms with Gasteiger partial charge in [0.1, 0.15) is 0 Å². The Bertz CT molecular complexity index is 727. The van der Waals surface area contributed by atoms with Crippen LogP contribution in [0.15, 0.2) is 52.3 Å². The molecular formula is C19H21ClNOS+. The Morgan fingerprint density at radius 2 is 1.74 bits per heavy atom. The highest BCUT2D eigenvalue weighted by Crippen LogP contribution is 2.48. The molecule has 4 rings (SSSR count). The van der Waals surface area contributed by atoms with Crippen LogP contribution < -0.4 is 0 Å². The van der Waals surface area contributed by atoms with Crippen molar-refractivity contribution >= 4 is 22.8 Å². The summed E-state index contributed by atoms with van der Waals surface area (Å²) in [7, 11) is 2.20. The van der Waals surface area contributed by atoms with Crippen molar-refractivity contribution in [3.63, 3.8) is 0 Å². The van der Waals surface area contributed by atoms with Crippen molar-refractivity contribution in [3.05, 3.63) is 58.6 Å². The van der Waals surface area contributed by atoms with Crippen molar-refractivity contribution in [2.24, 2.45) is 5.92 Å². The second-order valence-electron chi connectivity index (χ2n) is 6.62. The van der Waals surface area contributed by atoms with Crippen molar-refractivity contribution in [2.45, 2.75) is 28.6 Å². The lowest BCUT2D eigenvalue weighted by atomic mass is 9.76. The molecule has 0 amide bonds. The molecule has 2 nitrogen and oxygen atoms in total. The third-order valence-corrected chi connectivity index (χ3v) is 7.02. The zero-order valence-corrected chi connectivity index (χ0v) is 14.8. The van der Waals surface area contributed by atoms with Crippen LogP contribution in [-0.2, 0) is 11.2 Å². The number of nitrogens with zero attached hydrogens (tertiary/aromatic N) is 1. The summed E-state index contributed by atoms with van der Waals surface area (Å²) in [5.41, 5.74) is 2.53. The normalized spacial score (nSPS) is 25.0. The minimum atomic E-state index is -0.850. The van der Waals surface area contributed by atoms with Gasteiger partial charge in [-0.25, -0.2) is 0 Å². The van der Waals surface area contributed by atoms with E-state index in [0.717, 1.165) is 27.9 Å². The molecule has 1 N–H and O–H groups in total. The molecule has 23 heavy (non-hydrogen) atoms. The molecule has 2 aromatic carbocycles. The molecule has 0 saturated carbocycles. The minimum Gasteiger partial charge on any atom is -0.306 e. The predicted octanol–water partition coefficient (Wildman–Crippen LogP) is 4.64. The van der Waals surface area contributed by atoms with E-state index < -0.39 is 11.2 Å². The topological polar surface area (TPSA) is 23.5 Å². The molecule has 2 unspecified atom stereocenters. The first-order valence-electron chi connectivity index (χ1n) is 8.15. The molecule has 0 spiro atoms. The van der Waals surface area contributed by atoms with Crippen molar-refractivity contribution in [3.8, 4) is 0 Å². The number of rotatable bonds is 1. The van der Waals surface area contributed by atoms with Crippen LogP contribution >= 0.6 is 11.6 Å². The van der Waals surface area contributed by atoms with Crippen LogP contribution in [0.2, 0.25) is 5.02 Å². The first-order valence-corrected chi connectivity index (χ1v) is 9.71. The van der Waals surface area contributed by atoms with Gasteiger partial charge in [0.05, 0.1) is 0 Å². The summed E-state index contributed by atoms with van der Waals surface area (Å²) >= 11 is 5.44. The van der Waals surface area contributed by atoms with Gasteiger partial charge in [-0.05, 0) is 63.2 Å². The first kappa shape index (κ1) is 15.5. The highest BCUT2D eigenvalue weighted by atomic mass is 35.5. The van der Waals surface area contributed by atoms with E-state index in [1.165, 1.54) is 24.0 Å². The molecular weight excluding hydrogens is 326 g/mol. The standard InChI is InChI=1S/C19H21ClNOS/c1-21-10-8-13(9-11-21)19-15-4-2-3-5-17(15)23(22)18-7-6-14(20)12-16(18)19/h2-7,12-13,19,22H,8-11H2,1H3/q+1. The van der Waals surface area contributed by atoms with E-state index in [0.29, 0.717) is 11.8 Å². The van der Waals surface area contributed by atoms with Crippen LogP contribution in [0.3, 0.4) is 0 Å². The van der Waals surface area contributed by atoms with Gasteiger partial charge in [0.15, 0.2) is 9.79 Å². The van der Waals surface area contributed by atoms with Crippen LogP contribution in [0.25, 0.3) is 0 Å². The summed E-state index contributed by atoms with van der Waals surface area (Å²) in [6.07, 6.45) is 2.39. The lowest BCUT2D eigenvalue weighted by Gasteiger charge is -2.36. The summed E-state index contributed by atoms with van der Waals surface area (Å²) in [6.45, 7) is 2.29. The van der Waals surface area contributed by atoms with E-state index in [1.807, 2.05) is 18.2 Å². The monoisotopic (exact) mass is 346 g/mol. The number of benzene rings is 2. The maximum Gasteiger partial charge on any atom is 0.220 e. The second-order valence-corrected chi connectivity index (χ2v) is 8.51. The maximum absolute atomic E-state index is 10.8. The van der Waals surface area contributed by atoms with Gasteiger partial charge in [0.25, 0.3) is 0 Å². The lowest BCUT2D eigenvalue weighted by molar-refractivity contribution is 0.205. The van der Waals surface area contributed by atoms with Crippen molar-refractivity contribution in [1.29, 1.82) is 0 Å². The van der Waals surface area contributed by atoms with Gasteiger partial charge < -0.3 is 4.90 Å². The third kappa shape index (κ3) is 2.70. The number of fused-ring (bicyclic) bond motifs is 2. The molecule has 0 aliphatic carbocycles. The van der Waals surface area contributed by atoms with E-state index in [1.54, 1.807) is 0 Å². The molecule has 0 bridgehead atoms. The van der Waals surface area contributed by atoms with Gasteiger partial charge >= 0.3 is 0 Å². The zero-order valence-electron chi connectivity index (χ0n) is 13.2. The fourth-order valence-electron chi connectivity index (χ4n) is 4.01. The molecule has 4 heteroatoms. The smallest absolute Gasteiger partial charge is 0.220 e. The average molecular weight is 347 g/mol. The van der Waals surface area contributed by atoms with Gasteiger partial charge in [-0.2, -0.15) is 4.55 Å². The number of hydrogen-bond acceptors (Lipinski definition) is 2. The summed E-state index contributed by atoms with van der Waals surface area (Å²) < 4.78 is 10.8. The Hall–Kier alpha value is -1.00. The molecule has 2 aliphatic rings. The van der Waals surface area contributed by atoms with E-state index >= 15 is 0 Å². The molecule has 0 radical (unpaired) electrons. The Morgan fingerprint density at radius 3 is 2.52 bits per heavy atom. The molecule has 1 saturated heterocycles. The Morgan fingerprint density at radius 1 is 1.04 bits per heavy atom. The second kappa shape index (κ2) is 6.14. The molecule has 2 heterocycles. The lowest BCUT2D eigenvalue weighted by Crippen LogP contribution is -2.34. The molecule has 2 atom stereocenters. The number of halogens is 1. The molecule has 2 aliphatic heterocycles. The van der Waals surface area contributed by atoms with Gasteiger partial charge in [-0.3, -0.25) is 0 Å². The molecule has 0 aromatic heterocycles. The predicted molar refractivity (Wildman–Crippen MR) is 96.5 cm³/mol. The average Bonchev–Trinajstić information content (AvgIpc) is 2.56. The van der Waals surface area contributed by atoms with Crippen LogP contribution in [0, 0.1) is 5.92 Å². The van der Waals surface area contributed by atoms with E-state index in [-0.39, 0.29) is 0 Å².